The van der Waals surface area contributed by atoms with Crippen molar-refractivity contribution < 1.29 is 14.7 Å². The summed E-state index contributed by atoms with van der Waals surface area (Å²) < 4.78 is 0. The van der Waals surface area contributed by atoms with E-state index < -0.39 is 5.97 Å². The first-order valence-corrected chi connectivity index (χ1v) is 6.91. The normalized spacial score (nSPS) is 29.6. The summed E-state index contributed by atoms with van der Waals surface area (Å²) in [7, 11) is 0. The smallest absolute Gasteiger partial charge is 0.303 e. The minimum atomic E-state index is -0.838. The number of carboxylic acid groups (broad SMARTS) is 1. The monoisotopic (exact) mass is 255 g/mol. The predicted molar refractivity (Wildman–Crippen MR) is 70.1 cm³/mol. The first kappa shape index (κ1) is 15.0. The third-order valence-corrected chi connectivity index (χ3v) is 4.11. The largest absolute Gasteiger partial charge is 0.481 e. The van der Waals surface area contributed by atoms with Crippen LogP contribution in [0.25, 0.3) is 0 Å². The summed E-state index contributed by atoms with van der Waals surface area (Å²) in [4.78, 5) is 22.4. The molecule has 1 rings (SSSR count). The predicted octanol–water partition coefficient (Wildman–Crippen LogP) is 2.43. The summed E-state index contributed by atoms with van der Waals surface area (Å²) in [6.07, 6.45) is 3.82. The van der Waals surface area contributed by atoms with Crippen molar-refractivity contribution in [2.24, 2.45) is 17.8 Å². The number of carboxylic acids is 1. The molecule has 0 aromatic rings. The summed E-state index contributed by atoms with van der Waals surface area (Å²) in [5.41, 5.74) is 0. The van der Waals surface area contributed by atoms with Gasteiger partial charge in [0, 0.05) is 18.9 Å². The van der Waals surface area contributed by atoms with Gasteiger partial charge in [0.05, 0.1) is 0 Å². The number of hydrogen-bond acceptors (Lipinski definition) is 2. The maximum absolute atomic E-state index is 11.9. The van der Waals surface area contributed by atoms with Crippen LogP contribution in [0.1, 0.15) is 52.9 Å². The molecular weight excluding hydrogens is 230 g/mol. The molecule has 1 aliphatic rings. The summed E-state index contributed by atoms with van der Waals surface area (Å²) >= 11 is 0. The Bertz CT molecular complexity index is 303. The first-order valence-electron chi connectivity index (χ1n) is 6.91. The molecule has 0 spiro atoms. The fourth-order valence-corrected chi connectivity index (χ4v) is 2.74. The van der Waals surface area contributed by atoms with Gasteiger partial charge in [-0.3, -0.25) is 9.59 Å². The molecule has 4 unspecified atom stereocenters. The van der Waals surface area contributed by atoms with Crippen molar-refractivity contribution in [2.75, 3.05) is 0 Å². The number of rotatable bonds is 5. The highest BCUT2D eigenvalue weighted by atomic mass is 16.4. The van der Waals surface area contributed by atoms with E-state index >= 15 is 0 Å². The summed E-state index contributed by atoms with van der Waals surface area (Å²) in [5.74, 6) is 0.224. The summed E-state index contributed by atoms with van der Waals surface area (Å²) in [6, 6.07) is 0.262. The maximum Gasteiger partial charge on any atom is 0.303 e. The molecule has 4 nitrogen and oxygen atoms in total. The molecule has 1 saturated carbocycles. The fourth-order valence-electron chi connectivity index (χ4n) is 2.74. The zero-order valence-electron chi connectivity index (χ0n) is 11.6. The highest BCUT2D eigenvalue weighted by Crippen LogP contribution is 2.29. The van der Waals surface area contributed by atoms with Crippen LogP contribution in [0.5, 0.6) is 0 Å². The molecule has 104 valence electrons. The van der Waals surface area contributed by atoms with Gasteiger partial charge < -0.3 is 10.4 Å². The molecule has 0 saturated heterocycles. The molecule has 0 aromatic heterocycles. The molecule has 0 bridgehead atoms. The molecule has 0 heterocycles. The van der Waals surface area contributed by atoms with Crippen LogP contribution < -0.4 is 5.32 Å². The van der Waals surface area contributed by atoms with Crippen LogP contribution >= 0.6 is 0 Å². The lowest BCUT2D eigenvalue weighted by molar-refractivity contribution is -0.138. The first-order chi connectivity index (χ1) is 8.40. The van der Waals surface area contributed by atoms with Crippen LogP contribution in [0, 0.1) is 17.8 Å². The van der Waals surface area contributed by atoms with Crippen molar-refractivity contribution in [1.29, 1.82) is 0 Å². The van der Waals surface area contributed by atoms with Gasteiger partial charge >= 0.3 is 5.97 Å². The van der Waals surface area contributed by atoms with Gasteiger partial charge in [-0.05, 0) is 24.2 Å². The van der Waals surface area contributed by atoms with Crippen molar-refractivity contribution in [1.82, 2.24) is 5.32 Å². The SMILES string of the molecule is CC(CC(=O)O)CC(=O)NC1CCCC(C)C1C. The number of carbonyl (C=O) groups is 2. The van der Waals surface area contributed by atoms with Crippen LogP contribution in [0.15, 0.2) is 0 Å². The minimum absolute atomic E-state index is 0.00491. The van der Waals surface area contributed by atoms with E-state index in [0.29, 0.717) is 18.3 Å². The van der Waals surface area contributed by atoms with Gasteiger partial charge in [0.2, 0.25) is 5.91 Å². The standard InChI is InChI=1S/C14H25NO3/c1-9(8-14(17)18)7-13(16)15-12-6-4-5-10(2)11(12)3/h9-12H,4-8H2,1-3H3,(H,15,16)(H,17,18). The van der Waals surface area contributed by atoms with E-state index in [4.69, 9.17) is 5.11 Å². The minimum Gasteiger partial charge on any atom is -0.481 e. The van der Waals surface area contributed by atoms with Crippen molar-refractivity contribution in [2.45, 2.75) is 58.9 Å². The average Bonchev–Trinajstić information content (AvgIpc) is 2.23. The Balaban J connectivity index is 2.37. The van der Waals surface area contributed by atoms with Gasteiger partial charge in [0.1, 0.15) is 0 Å². The Morgan fingerprint density at radius 3 is 2.56 bits per heavy atom. The number of aliphatic carboxylic acids is 1. The van der Waals surface area contributed by atoms with Gasteiger partial charge in [-0.1, -0.05) is 33.6 Å². The molecule has 18 heavy (non-hydrogen) atoms. The summed E-state index contributed by atoms with van der Waals surface area (Å²) in [6.45, 7) is 6.23. The fraction of sp³-hybridized carbons (Fsp3) is 0.857. The highest BCUT2D eigenvalue weighted by Gasteiger charge is 2.28. The Labute approximate surface area is 109 Å². The second kappa shape index (κ2) is 6.76. The molecule has 0 radical (unpaired) electrons. The Hall–Kier alpha value is -1.06. The lowest BCUT2D eigenvalue weighted by Crippen LogP contribution is -2.44. The third-order valence-electron chi connectivity index (χ3n) is 4.11. The van der Waals surface area contributed by atoms with Crippen LogP contribution in [0.3, 0.4) is 0 Å². The number of amides is 1. The molecule has 4 heteroatoms. The van der Waals surface area contributed by atoms with Crippen LogP contribution in [-0.4, -0.2) is 23.0 Å². The maximum atomic E-state index is 11.9. The van der Waals surface area contributed by atoms with Gasteiger partial charge in [-0.2, -0.15) is 0 Å². The van der Waals surface area contributed by atoms with Gasteiger partial charge in [-0.15, -0.1) is 0 Å². The van der Waals surface area contributed by atoms with E-state index in [0.717, 1.165) is 6.42 Å². The average molecular weight is 255 g/mol. The lowest BCUT2D eigenvalue weighted by atomic mass is 9.78. The second-order valence-corrected chi connectivity index (χ2v) is 5.85. The Morgan fingerprint density at radius 2 is 1.94 bits per heavy atom. The van der Waals surface area contributed by atoms with Crippen molar-refractivity contribution in [3.8, 4) is 0 Å². The molecule has 1 fully saturated rings. The molecule has 1 aliphatic carbocycles. The lowest BCUT2D eigenvalue weighted by Gasteiger charge is -2.34. The number of nitrogens with one attached hydrogen (secondary N) is 1. The van der Waals surface area contributed by atoms with Gasteiger partial charge in [0.25, 0.3) is 0 Å². The molecule has 1 amide bonds. The van der Waals surface area contributed by atoms with Crippen molar-refractivity contribution >= 4 is 11.9 Å². The van der Waals surface area contributed by atoms with E-state index in [1.54, 1.807) is 6.92 Å². The zero-order chi connectivity index (χ0) is 13.7. The van der Waals surface area contributed by atoms with E-state index in [1.165, 1.54) is 12.8 Å². The molecular formula is C14H25NO3. The quantitative estimate of drug-likeness (QED) is 0.793. The number of carbonyl (C=O) groups excluding carboxylic acids is 1. The van der Waals surface area contributed by atoms with E-state index in [1.807, 2.05) is 0 Å². The Kier molecular flexibility index (Phi) is 5.63. The van der Waals surface area contributed by atoms with Crippen LogP contribution in [0.2, 0.25) is 0 Å². The summed E-state index contributed by atoms with van der Waals surface area (Å²) in [5, 5.41) is 11.7. The molecule has 2 N–H and O–H groups in total. The van der Waals surface area contributed by atoms with E-state index in [-0.39, 0.29) is 24.3 Å². The van der Waals surface area contributed by atoms with Crippen LogP contribution in [0.4, 0.5) is 0 Å². The van der Waals surface area contributed by atoms with Gasteiger partial charge in [-0.25, -0.2) is 0 Å². The molecule has 0 aromatic carbocycles. The molecule has 0 aliphatic heterocycles. The topological polar surface area (TPSA) is 66.4 Å². The number of hydrogen-bond donors (Lipinski definition) is 2. The van der Waals surface area contributed by atoms with E-state index in [2.05, 4.69) is 19.2 Å². The van der Waals surface area contributed by atoms with Crippen LogP contribution in [-0.2, 0) is 9.59 Å². The van der Waals surface area contributed by atoms with Gasteiger partial charge in [0.15, 0.2) is 0 Å². The van der Waals surface area contributed by atoms with Crippen molar-refractivity contribution in [3.05, 3.63) is 0 Å². The van der Waals surface area contributed by atoms with Crippen molar-refractivity contribution in [3.63, 3.8) is 0 Å². The Morgan fingerprint density at radius 1 is 1.28 bits per heavy atom. The highest BCUT2D eigenvalue weighted by molar-refractivity contribution is 5.77. The second-order valence-electron chi connectivity index (χ2n) is 5.85. The third kappa shape index (κ3) is 4.67. The zero-order valence-corrected chi connectivity index (χ0v) is 11.6. The molecule has 4 atom stereocenters. The van der Waals surface area contributed by atoms with E-state index in [9.17, 15) is 9.59 Å².